The van der Waals surface area contributed by atoms with Gasteiger partial charge in [-0.25, -0.2) is 4.68 Å². The minimum Gasteiger partial charge on any atom is -0.336 e. The Hall–Kier alpha value is -2.80. The minimum absolute atomic E-state index is 0.0180. The van der Waals surface area contributed by atoms with Crippen LogP contribution in [0, 0.1) is 6.92 Å². The normalized spacial score (nSPS) is 22.2. The predicted molar refractivity (Wildman–Crippen MR) is 102 cm³/mol. The van der Waals surface area contributed by atoms with Gasteiger partial charge in [-0.15, -0.1) is 5.10 Å². The molecule has 2 fully saturated rings. The Labute approximate surface area is 157 Å². The summed E-state index contributed by atoms with van der Waals surface area (Å²) in [6, 6.07) is 10.8. The van der Waals surface area contributed by atoms with E-state index in [0.29, 0.717) is 17.8 Å². The molecule has 3 aromatic rings. The summed E-state index contributed by atoms with van der Waals surface area (Å²) in [4.78, 5) is 19.4. The van der Waals surface area contributed by atoms with Crippen LogP contribution in [0.1, 0.15) is 35.4 Å². The van der Waals surface area contributed by atoms with E-state index in [1.807, 2.05) is 42.2 Å². The second-order valence-electron chi connectivity index (χ2n) is 7.49. The van der Waals surface area contributed by atoms with Crippen LogP contribution in [0.4, 0.5) is 0 Å². The predicted octanol–water partition coefficient (Wildman–Crippen LogP) is 2.09. The molecule has 0 radical (unpaired) electrons. The third-order valence-corrected chi connectivity index (χ3v) is 5.74. The molecule has 2 aliphatic rings. The Bertz CT molecular complexity index is 1010. The molecule has 138 valence electrons. The second kappa shape index (κ2) is 6.42. The lowest BCUT2D eigenvalue weighted by molar-refractivity contribution is 0.0741. The molecule has 0 spiro atoms. The molecule has 2 saturated heterocycles. The van der Waals surface area contributed by atoms with Crippen LogP contribution in [0.15, 0.2) is 36.5 Å². The minimum atomic E-state index is -0.0180. The largest absolute Gasteiger partial charge is 0.336 e. The van der Waals surface area contributed by atoms with Gasteiger partial charge in [0.15, 0.2) is 5.69 Å². The highest BCUT2D eigenvalue weighted by Crippen LogP contribution is 2.23. The summed E-state index contributed by atoms with van der Waals surface area (Å²) < 4.78 is 1.74. The average molecular weight is 362 g/mol. The summed E-state index contributed by atoms with van der Waals surface area (Å²) in [5, 5.41) is 13.1. The van der Waals surface area contributed by atoms with Crippen molar-refractivity contribution in [3.8, 4) is 5.69 Å². The molecule has 7 heteroatoms. The molecule has 1 amide bonds. The first-order chi connectivity index (χ1) is 13.2. The molecule has 2 bridgehead atoms. The third-order valence-electron chi connectivity index (χ3n) is 5.74. The van der Waals surface area contributed by atoms with Crippen molar-refractivity contribution in [2.45, 2.75) is 38.3 Å². The molecule has 27 heavy (non-hydrogen) atoms. The van der Waals surface area contributed by atoms with E-state index in [1.165, 1.54) is 6.42 Å². The van der Waals surface area contributed by atoms with Gasteiger partial charge in [0.05, 0.1) is 16.9 Å². The molecule has 7 nitrogen and oxygen atoms in total. The molecule has 2 aromatic heterocycles. The van der Waals surface area contributed by atoms with Crippen molar-refractivity contribution in [3.63, 3.8) is 0 Å². The summed E-state index contributed by atoms with van der Waals surface area (Å²) in [7, 11) is 0. The van der Waals surface area contributed by atoms with Gasteiger partial charge in [0.1, 0.15) is 0 Å². The molecule has 2 aliphatic heterocycles. The van der Waals surface area contributed by atoms with Gasteiger partial charge in [-0.05, 0) is 50.5 Å². The van der Waals surface area contributed by atoms with E-state index in [1.54, 1.807) is 10.9 Å². The van der Waals surface area contributed by atoms with Gasteiger partial charge in [0, 0.05) is 36.8 Å². The number of hydrogen-bond donors (Lipinski definition) is 1. The van der Waals surface area contributed by atoms with Crippen LogP contribution in [0.25, 0.3) is 16.6 Å². The number of hydrogen-bond acceptors (Lipinski definition) is 5. The van der Waals surface area contributed by atoms with Crippen LogP contribution in [-0.4, -0.2) is 56.0 Å². The smallest absolute Gasteiger partial charge is 0.276 e. The van der Waals surface area contributed by atoms with Gasteiger partial charge in [-0.2, -0.15) is 0 Å². The van der Waals surface area contributed by atoms with Crippen molar-refractivity contribution in [3.05, 3.63) is 47.9 Å². The van der Waals surface area contributed by atoms with Gasteiger partial charge in [-0.1, -0.05) is 11.3 Å². The average Bonchev–Trinajstić information content (AvgIpc) is 3.22. The zero-order valence-corrected chi connectivity index (χ0v) is 15.3. The van der Waals surface area contributed by atoms with Crippen LogP contribution in [0.3, 0.4) is 0 Å². The number of nitrogens with one attached hydrogen (secondary N) is 1. The topological polar surface area (TPSA) is 75.9 Å². The molecule has 0 saturated carbocycles. The van der Waals surface area contributed by atoms with Crippen LogP contribution in [0.2, 0.25) is 0 Å². The van der Waals surface area contributed by atoms with Gasteiger partial charge in [0.25, 0.3) is 5.91 Å². The number of likely N-dealkylation sites (tertiary alicyclic amines) is 1. The summed E-state index contributed by atoms with van der Waals surface area (Å²) in [5.74, 6) is -0.0180. The molecule has 5 rings (SSSR count). The van der Waals surface area contributed by atoms with Crippen molar-refractivity contribution in [2.24, 2.45) is 0 Å². The fourth-order valence-corrected chi connectivity index (χ4v) is 4.24. The molecular formula is C20H22N6O. The Balaban J connectivity index is 1.44. The number of nitrogens with zero attached hydrogens (tertiary/aromatic N) is 5. The number of carbonyl (C=O) groups excluding carboxylic acids is 1. The van der Waals surface area contributed by atoms with Crippen molar-refractivity contribution in [1.82, 2.24) is 30.2 Å². The molecular weight excluding hydrogens is 340 g/mol. The van der Waals surface area contributed by atoms with Crippen LogP contribution in [-0.2, 0) is 0 Å². The maximum absolute atomic E-state index is 13.1. The zero-order chi connectivity index (χ0) is 18.4. The number of fused-ring (bicyclic) bond motifs is 3. The number of amides is 1. The monoisotopic (exact) mass is 362 g/mol. The van der Waals surface area contributed by atoms with E-state index < -0.39 is 0 Å². The standard InChI is InChI=1S/C20H22N6O/c1-13-19(20(27)25-10-8-15-4-5-16(12-25)22-15)23-24-26(13)17-6-7-18-14(11-17)3-2-9-21-18/h2-3,6-7,9,11,15-16,22H,4-5,8,10,12H2,1H3. The zero-order valence-electron chi connectivity index (χ0n) is 15.3. The number of rotatable bonds is 2. The molecule has 2 atom stereocenters. The maximum atomic E-state index is 13.1. The molecule has 1 N–H and O–H groups in total. The molecule has 2 unspecified atom stereocenters. The van der Waals surface area contributed by atoms with E-state index >= 15 is 0 Å². The van der Waals surface area contributed by atoms with Crippen molar-refractivity contribution in [1.29, 1.82) is 0 Å². The van der Waals surface area contributed by atoms with E-state index in [9.17, 15) is 4.79 Å². The third kappa shape index (κ3) is 2.88. The Kier molecular flexibility index (Phi) is 3.89. The maximum Gasteiger partial charge on any atom is 0.276 e. The summed E-state index contributed by atoms with van der Waals surface area (Å²) in [6.45, 7) is 3.44. The van der Waals surface area contributed by atoms with Crippen molar-refractivity contribution >= 4 is 16.8 Å². The fraction of sp³-hybridized carbons (Fsp3) is 0.400. The van der Waals surface area contributed by atoms with Crippen molar-refractivity contribution < 1.29 is 4.79 Å². The first-order valence-electron chi connectivity index (χ1n) is 9.52. The number of benzene rings is 1. The lowest BCUT2D eigenvalue weighted by Crippen LogP contribution is -2.39. The van der Waals surface area contributed by atoms with E-state index in [4.69, 9.17) is 0 Å². The van der Waals surface area contributed by atoms with Crippen LogP contribution in [0.5, 0.6) is 0 Å². The fourth-order valence-electron chi connectivity index (χ4n) is 4.24. The lowest BCUT2D eigenvalue weighted by Gasteiger charge is -2.23. The summed E-state index contributed by atoms with van der Waals surface area (Å²) in [6.07, 6.45) is 5.15. The number of carbonyl (C=O) groups is 1. The van der Waals surface area contributed by atoms with Gasteiger partial charge in [-0.3, -0.25) is 9.78 Å². The highest BCUT2D eigenvalue weighted by molar-refractivity contribution is 5.93. The van der Waals surface area contributed by atoms with E-state index in [-0.39, 0.29) is 5.91 Å². The second-order valence-corrected chi connectivity index (χ2v) is 7.49. The number of aromatic nitrogens is 4. The summed E-state index contributed by atoms with van der Waals surface area (Å²) in [5.41, 5.74) is 3.03. The van der Waals surface area contributed by atoms with Crippen LogP contribution < -0.4 is 5.32 Å². The van der Waals surface area contributed by atoms with Gasteiger partial charge >= 0.3 is 0 Å². The number of pyridine rings is 1. The first-order valence-corrected chi connectivity index (χ1v) is 9.52. The molecule has 4 heterocycles. The summed E-state index contributed by atoms with van der Waals surface area (Å²) >= 11 is 0. The first kappa shape index (κ1) is 16.4. The highest BCUT2D eigenvalue weighted by atomic mass is 16.2. The highest BCUT2D eigenvalue weighted by Gasteiger charge is 2.33. The SMILES string of the molecule is Cc1c(C(=O)N2CCC3CCC(C2)N3)nnn1-c1ccc2ncccc2c1. The quantitative estimate of drug-likeness (QED) is 0.755. The van der Waals surface area contributed by atoms with Crippen molar-refractivity contribution in [2.75, 3.05) is 13.1 Å². The van der Waals surface area contributed by atoms with Gasteiger partial charge < -0.3 is 10.2 Å². The molecule has 1 aromatic carbocycles. The Morgan fingerprint density at radius 2 is 2.07 bits per heavy atom. The lowest BCUT2D eigenvalue weighted by atomic mass is 10.1. The van der Waals surface area contributed by atoms with Crippen LogP contribution >= 0.6 is 0 Å². The Morgan fingerprint density at radius 1 is 1.19 bits per heavy atom. The molecule has 0 aliphatic carbocycles. The van der Waals surface area contributed by atoms with E-state index in [2.05, 4.69) is 20.6 Å². The van der Waals surface area contributed by atoms with E-state index in [0.717, 1.165) is 48.2 Å². The van der Waals surface area contributed by atoms with Gasteiger partial charge in [0.2, 0.25) is 0 Å². The Morgan fingerprint density at radius 3 is 3.00 bits per heavy atom.